The fourth-order valence-electron chi connectivity index (χ4n) is 3.44. The van der Waals surface area contributed by atoms with E-state index in [2.05, 4.69) is 15.1 Å². The first-order chi connectivity index (χ1) is 16.2. The van der Waals surface area contributed by atoms with Crippen LogP contribution in [0, 0.1) is 5.92 Å². The van der Waals surface area contributed by atoms with Gasteiger partial charge in [-0.1, -0.05) is 32.0 Å². The molecule has 2 heterocycles. The maximum atomic E-state index is 13.1. The van der Waals surface area contributed by atoms with E-state index in [0.717, 1.165) is 0 Å². The zero-order valence-electron chi connectivity index (χ0n) is 18.7. The highest BCUT2D eigenvalue weighted by Gasteiger charge is 2.18. The molecule has 0 aliphatic rings. The second kappa shape index (κ2) is 9.62. The summed E-state index contributed by atoms with van der Waals surface area (Å²) >= 11 is 0. The Morgan fingerprint density at radius 3 is 2.38 bits per heavy atom. The van der Waals surface area contributed by atoms with Crippen molar-refractivity contribution in [3.63, 3.8) is 0 Å². The molecule has 9 nitrogen and oxygen atoms in total. The van der Waals surface area contributed by atoms with Gasteiger partial charge in [-0.25, -0.2) is 17.8 Å². The highest BCUT2D eigenvalue weighted by Crippen LogP contribution is 2.18. The van der Waals surface area contributed by atoms with Crippen LogP contribution in [0.3, 0.4) is 0 Å². The molecule has 0 saturated heterocycles. The van der Waals surface area contributed by atoms with Crippen molar-refractivity contribution in [3.05, 3.63) is 88.7 Å². The Balaban J connectivity index is 1.56. The smallest absolute Gasteiger partial charge is 0.276 e. The molecule has 10 heteroatoms. The first-order valence-corrected chi connectivity index (χ1v) is 12.2. The first kappa shape index (κ1) is 23.4. The van der Waals surface area contributed by atoms with Gasteiger partial charge in [0.25, 0.3) is 11.5 Å². The molecular formula is C24H24N4O5S. The molecule has 0 bridgehead atoms. The van der Waals surface area contributed by atoms with Crippen LogP contribution in [0.4, 0.5) is 5.69 Å². The Hall–Kier alpha value is -3.76. The van der Waals surface area contributed by atoms with Crippen molar-refractivity contribution < 1.29 is 17.6 Å². The Bertz CT molecular complexity index is 1470. The van der Waals surface area contributed by atoms with E-state index < -0.39 is 15.9 Å². The third-order valence-corrected chi connectivity index (χ3v) is 6.48. The minimum Gasteiger partial charge on any atom is -0.468 e. The molecule has 0 spiro atoms. The number of benzene rings is 2. The van der Waals surface area contributed by atoms with Gasteiger partial charge in [0, 0.05) is 17.6 Å². The molecule has 34 heavy (non-hydrogen) atoms. The Labute approximate surface area is 196 Å². The van der Waals surface area contributed by atoms with Gasteiger partial charge in [-0.2, -0.15) is 5.10 Å². The summed E-state index contributed by atoms with van der Waals surface area (Å²) in [5.41, 5.74) is 0.257. The van der Waals surface area contributed by atoms with Crippen molar-refractivity contribution >= 4 is 32.4 Å². The number of aromatic nitrogens is 2. The third-order valence-electron chi connectivity index (χ3n) is 5.06. The summed E-state index contributed by atoms with van der Waals surface area (Å²) in [5, 5.41) is 7.92. The van der Waals surface area contributed by atoms with Crippen LogP contribution in [0.15, 0.2) is 81.0 Å². The van der Waals surface area contributed by atoms with Crippen molar-refractivity contribution in [3.8, 4) is 0 Å². The van der Waals surface area contributed by atoms with Crippen molar-refractivity contribution in [2.75, 3.05) is 5.32 Å². The molecule has 0 radical (unpaired) electrons. The summed E-state index contributed by atoms with van der Waals surface area (Å²) in [5.74, 6) is 0.157. The van der Waals surface area contributed by atoms with Gasteiger partial charge in [-0.3, -0.25) is 9.59 Å². The number of nitrogens with one attached hydrogen (secondary N) is 2. The van der Waals surface area contributed by atoms with Crippen LogP contribution in [0.1, 0.15) is 30.1 Å². The molecule has 0 unspecified atom stereocenters. The minimum absolute atomic E-state index is 0.0264. The van der Waals surface area contributed by atoms with Gasteiger partial charge in [0.1, 0.15) is 5.76 Å². The molecule has 0 saturated carbocycles. The first-order valence-electron chi connectivity index (χ1n) is 10.7. The van der Waals surface area contributed by atoms with Crippen LogP contribution in [-0.4, -0.2) is 24.1 Å². The molecule has 2 N–H and O–H groups in total. The standard InChI is InChI=1S/C24H24N4O5S/c1-16(2)15-28-24(30)21-8-4-3-7-20(21)22(27-28)23(29)26-17-9-11-19(12-10-17)34(31,32)25-14-18-6-5-13-33-18/h3-13,16,25H,14-15H2,1-2H3,(H,26,29). The summed E-state index contributed by atoms with van der Waals surface area (Å²) < 4.78 is 33.9. The van der Waals surface area contributed by atoms with Gasteiger partial charge in [0.2, 0.25) is 10.0 Å². The summed E-state index contributed by atoms with van der Waals surface area (Å²) in [6.07, 6.45) is 1.47. The molecule has 4 aromatic rings. The van der Waals surface area contributed by atoms with E-state index in [1.54, 1.807) is 36.4 Å². The molecule has 0 aliphatic heterocycles. The molecule has 0 fully saturated rings. The topological polar surface area (TPSA) is 123 Å². The average Bonchev–Trinajstić information content (AvgIpc) is 3.34. The van der Waals surface area contributed by atoms with Crippen LogP contribution in [0.25, 0.3) is 10.8 Å². The number of hydrogen-bond acceptors (Lipinski definition) is 6. The number of amides is 1. The van der Waals surface area contributed by atoms with Gasteiger partial charge in [0.05, 0.1) is 23.1 Å². The summed E-state index contributed by atoms with van der Waals surface area (Å²) in [6, 6.07) is 15.9. The molecule has 176 valence electrons. The second-order valence-electron chi connectivity index (χ2n) is 8.16. The van der Waals surface area contributed by atoms with Crippen molar-refractivity contribution in [2.24, 2.45) is 5.92 Å². The lowest BCUT2D eigenvalue weighted by Crippen LogP contribution is -2.29. The lowest BCUT2D eigenvalue weighted by Gasteiger charge is -2.13. The Morgan fingerprint density at radius 2 is 1.74 bits per heavy atom. The summed E-state index contributed by atoms with van der Waals surface area (Å²) in [7, 11) is -3.76. The second-order valence-corrected chi connectivity index (χ2v) is 9.92. The normalized spacial score (nSPS) is 11.7. The van der Waals surface area contributed by atoms with E-state index in [1.165, 1.54) is 35.2 Å². The summed E-state index contributed by atoms with van der Waals surface area (Å²) in [4.78, 5) is 25.9. The van der Waals surface area contributed by atoms with E-state index in [9.17, 15) is 18.0 Å². The fraction of sp³-hybridized carbons (Fsp3) is 0.208. The monoisotopic (exact) mass is 480 g/mol. The predicted molar refractivity (Wildman–Crippen MR) is 128 cm³/mol. The zero-order chi connectivity index (χ0) is 24.3. The van der Waals surface area contributed by atoms with Gasteiger partial charge in [-0.05, 0) is 48.4 Å². The van der Waals surface area contributed by atoms with Crippen molar-refractivity contribution in [1.29, 1.82) is 0 Å². The molecule has 2 aromatic carbocycles. The fourth-order valence-corrected chi connectivity index (χ4v) is 4.44. The van der Waals surface area contributed by atoms with Crippen LogP contribution in [-0.2, 0) is 23.1 Å². The maximum Gasteiger partial charge on any atom is 0.276 e. The van der Waals surface area contributed by atoms with E-state index in [0.29, 0.717) is 28.8 Å². The van der Waals surface area contributed by atoms with E-state index >= 15 is 0 Å². The quantitative estimate of drug-likeness (QED) is 0.399. The van der Waals surface area contributed by atoms with Gasteiger partial charge in [0.15, 0.2) is 5.69 Å². The third kappa shape index (κ3) is 5.08. The average molecular weight is 481 g/mol. The minimum atomic E-state index is -3.76. The largest absolute Gasteiger partial charge is 0.468 e. The molecule has 0 aliphatic carbocycles. The van der Waals surface area contributed by atoms with E-state index in [1.807, 2.05) is 13.8 Å². The number of anilines is 1. The van der Waals surface area contributed by atoms with Gasteiger partial charge in [-0.15, -0.1) is 0 Å². The SMILES string of the molecule is CC(C)Cn1nc(C(=O)Nc2ccc(S(=O)(=O)NCc3ccco3)cc2)c2ccccc2c1=O. The highest BCUT2D eigenvalue weighted by molar-refractivity contribution is 7.89. The number of hydrogen-bond donors (Lipinski definition) is 2. The molecule has 0 atom stereocenters. The molecule has 2 aromatic heterocycles. The van der Waals surface area contributed by atoms with Crippen LogP contribution in [0.5, 0.6) is 0 Å². The maximum absolute atomic E-state index is 13.1. The van der Waals surface area contributed by atoms with Crippen LogP contribution in [0.2, 0.25) is 0 Å². The number of fused-ring (bicyclic) bond motifs is 1. The number of furan rings is 1. The number of carbonyl (C=O) groups is 1. The number of rotatable bonds is 8. The zero-order valence-corrected chi connectivity index (χ0v) is 19.5. The number of sulfonamides is 1. The van der Waals surface area contributed by atoms with E-state index in [-0.39, 0.29) is 28.6 Å². The van der Waals surface area contributed by atoms with Gasteiger partial charge >= 0.3 is 0 Å². The van der Waals surface area contributed by atoms with E-state index in [4.69, 9.17) is 4.42 Å². The van der Waals surface area contributed by atoms with Crippen LogP contribution >= 0.6 is 0 Å². The van der Waals surface area contributed by atoms with Crippen LogP contribution < -0.4 is 15.6 Å². The molecule has 4 rings (SSSR count). The Kier molecular flexibility index (Phi) is 6.62. The van der Waals surface area contributed by atoms with Crippen molar-refractivity contribution in [2.45, 2.75) is 31.8 Å². The van der Waals surface area contributed by atoms with Crippen molar-refractivity contribution in [1.82, 2.24) is 14.5 Å². The summed E-state index contributed by atoms with van der Waals surface area (Å²) in [6.45, 7) is 4.32. The Morgan fingerprint density at radius 1 is 1.03 bits per heavy atom. The molecule has 1 amide bonds. The molecular weight excluding hydrogens is 456 g/mol. The lowest BCUT2D eigenvalue weighted by atomic mass is 10.1. The highest BCUT2D eigenvalue weighted by atomic mass is 32.2. The number of nitrogens with zero attached hydrogens (tertiary/aromatic N) is 2. The van der Waals surface area contributed by atoms with Gasteiger partial charge < -0.3 is 9.73 Å². The lowest BCUT2D eigenvalue weighted by molar-refractivity contribution is 0.102. The number of carbonyl (C=O) groups excluding carboxylic acids is 1. The predicted octanol–water partition coefficient (Wildman–Crippen LogP) is 3.38.